The molecule has 2 heterocycles. The van der Waals surface area contributed by atoms with Crippen LogP contribution < -0.4 is 0 Å². The molecule has 0 aliphatic carbocycles. The van der Waals surface area contributed by atoms with Crippen LogP contribution in [0.1, 0.15) is 45.4 Å². The van der Waals surface area contributed by atoms with Crippen molar-refractivity contribution in [2.75, 3.05) is 0 Å². The molecule has 166 valence electrons. The summed E-state index contributed by atoms with van der Waals surface area (Å²) in [4.78, 5) is 11.8. The van der Waals surface area contributed by atoms with Gasteiger partial charge < -0.3 is 24.8 Å². The Balaban J connectivity index is 1.90. The first-order valence-corrected chi connectivity index (χ1v) is 10.7. The van der Waals surface area contributed by atoms with E-state index in [1.807, 2.05) is 13.0 Å². The van der Waals surface area contributed by atoms with E-state index in [2.05, 4.69) is 0 Å². The monoisotopic (exact) mass is 418 g/mol. The van der Waals surface area contributed by atoms with Crippen LogP contribution in [0, 0.1) is 0 Å². The zero-order chi connectivity index (χ0) is 21.8. The summed E-state index contributed by atoms with van der Waals surface area (Å²) in [6, 6.07) is 0. The molecule has 0 unspecified atom stereocenters. The van der Waals surface area contributed by atoms with Gasteiger partial charge in [0.05, 0.1) is 30.5 Å². The second kappa shape index (κ2) is 13.3. The number of esters is 1. The van der Waals surface area contributed by atoms with E-state index >= 15 is 0 Å². The SMILES string of the molecule is C[C@@H]1CCC[C@@H]2O[C@H]2/C=C\[C@H](O)C[C@@H](O)CC=CC=C[C@@H](O)C/C=C\C=CC(=O)O1. The summed E-state index contributed by atoms with van der Waals surface area (Å²) >= 11 is 0. The molecule has 1 saturated heterocycles. The molecule has 6 atom stereocenters. The number of aliphatic hydroxyl groups excluding tert-OH is 3. The lowest BCUT2D eigenvalue weighted by molar-refractivity contribution is -0.142. The molecule has 6 nitrogen and oxygen atoms in total. The summed E-state index contributed by atoms with van der Waals surface area (Å²) < 4.78 is 10.9. The summed E-state index contributed by atoms with van der Waals surface area (Å²) in [6.07, 6.45) is 18.5. The maximum atomic E-state index is 11.8. The number of allylic oxidation sites excluding steroid dienone is 4. The normalized spacial score (nSPS) is 36.9. The highest BCUT2D eigenvalue weighted by molar-refractivity contribution is 5.82. The second-order valence-electron chi connectivity index (χ2n) is 7.80. The van der Waals surface area contributed by atoms with Crippen molar-refractivity contribution in [1.82, 2.24) is 0 Å². The van der Waals surface area contributed by atoms with Gasteiger partial charge in [-0.2, -0.15) is 0 Å². The van der Waals surface area contributed by atoms with Gasteiger partial charge in [-0.1, -0.05) is 54.7 Å². The van der Waals surface area contributed by atoms with Crippen LogP contribution in [0.3, 0.4) is 0 Å². The van der Waals surface area contributed by atoms with Crippen LogP contribution in [-0.4, -0.2) is 57.9 Å². The first-order chi connectivity index (χ1) is 14.4. The maximum absolute atomic E-state index is 11.8. The molecule has 0 aromatic carbocycles. The van der Waals surface area contributed by atoms with Crippen LogP contribution >= 0.6 is 0 Å². The minimum atomic E-state index is -0.722. The van der Waals surface area contributed by atoms with Crippen LogP contribution in [0.25, 0.3) is 0 Å². The van der Waals surface area contributed by atoms with Crippen molar-refractivity contribution in [3.8, 4) is 0 Å². The number of carbonyl (C=O) groups is 1. The van der Waals surface area contributed by atoms with Crippen molar-refractivity contribution in [3.63, 3.8) is 0 Å². The number of aliphatic hydroxyl groups is 3. The van der Waals surface area contributed by atoms with Gasteiger partial charge in [-0.25, -0.2) is 4.79 Å². The fraction of sp³-hybridized carbons (Fsp3) is 0.542. The Morgan fingerprint density at radius 3 is 2.50 bits per heavy atom. The summed E-state index contributed by atoms with van der Waals surface area (Å²) in [5, 5.41) is 30.0. The van der Waals surface area contributed by atoms with E-state index in [4.69, 9.17) is 9.47 Å². The Kier molecular flexibility index (Phi) is 10.8. The summed E-state index contributed by atoms with van der Waals surface area (Å²) in [6.45, 7) is 1.87. The first-order valence-electron chi connectivity index (χ1n) is 10.7. The minimum absolute atomic E-state index is 0.00590. The van der Waals surface area contributed by atoms with Gasteiger partial charge in [0.15, 0.2) is 0 Å². The number of hydrogen-bond donors (Lipinski definition) is 3. The molecule has 0 saturated carbocycles. The van der Waals surface area contributed by atoms with Crippen LogP contribution in [0.2, 0.25) is 0 Å². The molecule has 0 bridgehead atoms. The van der Waals surface area contributed by atoms with Crippen LogP contribution in [0.15, 0.2) is 60.8 Å². The van der Waals surface area contributed by atoms with Gasteiger partial charge in [0.1, 0.15) is 6.10 Å². The zero-order valence-electron chi connectivity index (χ0n) is 17.5. The van der Waals surface area contributed by atoms with Crippen molar-refractivity contribution in [1.29, 1.82) is 0 Å². The molecular formula is C24H34O6. The maximum Gasteiger partial charge on any atom is 0.331 e. The Morgan fingerprint density at radius 2 is 1.67 bits per heavy atom. The molecule has 2 aliphatic rings. The fourth-order valence-electron chi connectivity index (χ4n) is 3.17. The number of rotatable bonds is 0. The predicted octanol–water partition coefficient (Wildman–Crippen LogP) is 2.90. The van der Waals surface area contributed by atoms with Gasteiger partial charge in [-0.05, 0) is 39.0 Å². The lowest BCUT2D eigenvalue weighted by Crippen LogP contribution is -2.15. The summed E-state index contributed by atoms with van der Waals surface area (Å²) in [5.41, 5.74) is 0. The van der Waals surface area contributed by atoms with Crippen molar-refractivity contribution >= 4 is 5.97 Å². The summed E-state index contributed by atoms with van der Waals surface area (Å²) in [5.74, 6) is -0.383. The smallest absolute Gasteiger partial charge is 0.331 e. The van der Waals surface area contributed by atoms with Gasteiger partial charge in [0.25, 0.3) is 0 Å². The highest BCUT2D eigenvalue weighted by Gasteiger charge is 2.35. The van der Waals surface area contributed by atoms with E-state index in [9.17, 15) is 20.1 Å². The second-order valence-corrected chi connectivity index (χ2v) is 7.80. The fourth-order valence-corrected chi connectivity index (χ4v) is 3.17. The molecule has 2 rings (SSSR count). The molecule has 0 radical (unpaired) electrons. The summed E-state index contributed by atoms with van der Waals surface area (Å²) in [7, 11) is 0. The van der Waals surface area contributed by atoms with E-state index < -0.39 is 18.3 Å². The number of hydrogen-bond acceptors (Lipinski definition) is 6. The molecule has 2 aliphatic heterocycles. The van der Waals surface area contributed by atoms with E-state index in [1.165, 1.54) is 6.08 Å². The molecule has 0 spiro atoms. The van der Waals surface area contributed by atoms with E-state index in [-0.39, 0.29) is 30.7 Å². The van der Waals surface area contributed by atoms with E-state index in [0.29, 0.717) is 12.8 Å². The Hall–Kier alpha value is -1.99. The first kappa shape index (κ1) is 24.3. The highest BCUT2D eigenvalue weighted by Crippen LogP contribution is 2.29. The van der Waals surface area contributed by atoms with Gasteiger partial charge in [-0.15, -0.1) is 0 Å². The molecule has 3 N–H and O–H groups in total. The molecule has 0 amide bonds. The zero-order valence-corrected chi connectivity index (χ0v) is 17.5. The van der Waals surface area contributed by atoms with E-state index in [1.54, 1.807) is 48.6 Å². The number of fused-ring (bicyclic) bond motifs is 1. The standard InChI is InChI=1S/C24H34O6/c1-18-9-8-13-22-23(30-22)16-15-21(27)17-20(26)12-6-2-4-10-19(25)11-5-3-7-14-24(28)29-18/h2-7,10,14-16,18-23,25-27H,8-9,11-13,17H2,1H3/b5-3-,6-2?,10-4?,14-7?,16-15-/t18-,19-,20+,21+,22+,23+/m1/s1. The Morgan fingerprint density at radius 1 is 0.900 bits per heavy atom. The average Bonchev–Trinajstić information content (AvgIpc) is 3.43. The minimum Gasteiger partial charge on any atom is -0.460 e. The molecular weight excluding hydrogens is 384 g/mol. The van der Waals surface area contributed by atoms with Gasteiger partial charge in [0, 0.05) is 12.5 Å². The highest BCUT2D eigenvalue weighted by atomic mass is 16.6. The lowest BCUT2D eigenvalue weighted by atomic mass is 10.1. The van der Waals surface area contributed by atoms with Crippen LogP contribution in [0.5, 0.6) is 0 Å². The van der Waals surface area contributed by atoms with Crippen LogP contribution in [0.4, 0.5) is 0 Å². The topological polar surface area (TPSA) is 99.5 Å². The largest absolute Gasteiger partial charge is 0.460 e. The third-order valence-electron chi connectivity index (χ3n) is 4.92. The lowest BCUT2D eigenvalue weighted by Gasteiger charge is -2.11. The van der Waals surface area contributed by atoms with Gasteiger partial charge >= 0.3 is 5.97 Å². The van der Waals surface area contributed by atoms with E-state index in [0.717, 1.165) is 19.3 Å². The average molecular weight is 419 g/mol. The molecule has 6 heteroatoms. The van der Waals surface area contributed by atoms with Crippen molar-refractivity contribution < 1.29 is 29.6 Å². The predicted molar refractivity (Wildman–Crippen MR) is 116 cm³/mol. The number of ether oxygens (including phenoxy) is 2. The quantitative estimate of drug-likeness (QED) is 0.318. The number of epoxide rings is 1. The number of cyclic esters (lactones) is 1. The molecule has 1 fully saturated rings. The Labute approximate surface area is 178 Å². The van der Waals surface area contributed by atoms with Crippen LogP contribution in [-0.2, 0) is 14.3 Å². The van der Waals surface area contributed by atoms with Gasteiger partial charge in [0.2, 0.25) is 0 Å². The third kappa shape index (κ3) is 10.7. The molecule has 0 aromatic heterocycles. The number of carbonyl (C=O) groups excluding carboxylic acids is 1. The van der Waals surface area contributed by atoms with Crippen molar-refractivity contribution in [2.24, 2.45) is 0 Å². The van der Waals surface area contributed by atoms with Crippen molar-refractivity contribution in [2.45, 2.75) is 82.1 Å². The van der Waals surface area contributed by atoms with Gasteiger partial charge in [-0.3, -0.25) is 0 Å². The third-order valence-corrected chi connectivity index (χ3v) is 4.92. The molecule has 30 heavy (non-hydrogen) atoms. The Bertz CT molecular complexity index is 663. The van der Waals surface area contributed by atoms with Crippen molar-refractivity contribution in [3.05, 3.63) is 60.8 Å². The molecule has 0 aromatic rings.